The van der Waals surface area contributed by atoms with Gasteiger partial charge in [-0.2, -0.15) is 0 Å². The quantitative estimate of drug-likeness (QED) is 0.622. The monoisotopic (exact) mass is 266 g/mol. The second-order valence-electron chi connectivity index (χ2n) is 6.88. The standard InChI is InChI=1S/C17H34N2/c1-3-5-6-14(4-2)13-18-10-9-15-11-16-7-8-17(12-15)19-16/h14-19H,3-13H2,1-2H3. The molecule has 2 aliphatic heterocycles. The number of hydrogen-bond donors (Lipinski definition) is 2. The van der Waals surface area contributed by atoms with Crippen molar-refractivity contribution >= 4 is 0 Å². The SMILES string of the molecule is CCCCC(CC)CNCCC1CC2CCC(C1)N2. The number of rotatable bonds is 9. The van der Waals surface area contributed by atoms with Crippen molar-refractivity contribution in [1.29, 1.82) is 0 Å². The summed E-state index contributed by atoms with van der Waals surface area (Å²) in [5.41, 5.74) is 0. The van der Waals surface area contributed by atoms with Crippen LogP contribution in [0.5, 0.6) is 0 Å². The molecule has 0 saturated carbocycles. The molecule has 0 spiro atoms. The van der Waals surface area contributed by atoms with Crippen molar-refractivity contribution in [3.8, 4) is 0 Å². The molecule has 3 unspecified atom stereocenters. The van der Waals surface area contributed by atoms with Crippen LogP contribution >= 0.6 is 0 Å². The molecular weight excluding hydrogens is 232 g/mol. The third-order valence-electron chi connectivity index (χ3n) is 5.28. The van der Waals surface area contributed by atoms with Gasteiger partial charge in [0.05, 0.1) is 0 Å². The summed E-state index contributed by atoms with van der Waals surface area (Å²) in [5.74, 6) is 1.89. The molecule has 0 aromatic heterocycles. The molecule has 0 radical (unpaired) electrons. The van der Waals surface area contributed by atoms with Gasteiger partial charge in [0.1, 0.15) is 0 Å². The topological polar surface area (TPSA) is 24.1 Å². The van der Waals surface area contributed by atoms with E-state index in [9.17, 15) is 0 Å². The molecule has 2 N–H and O–H groups in total. The fourth-order valence-electron chi connectivity index (χ4n) is 3.97. The minimum atomic E-state index is 0.858. The van der Waals surface area contributed by atoms with Crippen LogP contribution in [0.1, 0.15) is 71.6 Å². The van der Waals surface area contributed by atoms with E-state index in [2.05, 4.69) is 24.5 Å². The molecule has 3 atom stereocenters. The molecule has 2 heteroatoms. The average Bonchev–Trinajstić information content (AvgIpc) is 2.77. The van der Waals surface area contributed by atoms with Gasteiger partial charge in [0.25, 0.3) is 0 Å². The van der Waals surface area contributed by atoms with Gasteiger partial charge in [0, 0.05) is 12.1 Å². The van der Waals surface area contributed by atoms with E-state index in [0.717, 1.165) is 23.9 Å². The van der Waals surface area contributed by atoms with E-state index in [1.807, 2.05) is 0 Å². The zero-order chi connectivity index (χ0) is 13.5. The Morgan fingerprint density at radius 2 is 1.89 bits per heavy atom. The van der Waals surface area contributed by atoms with Crippen LogP contribution in [0.4, 0.5) is 0 Å². The highest BCUT2D eigenvalue weighted by atomic mass is 15.0. The molecule has 2 bridgehead atoms. The Balaban J connectivity index is 1.53. The Hall–Kier alpha value is -0.0800. The highest BCUT2D eigenvalue weighted by Gasteiger charge is 2.32. The van der Waals surface area contributed by atoms with E-state index in [1.54, 1.807) is 0 Å². The smallest absolute Gasteiger partial charge is 0.00728 e. The van der Waals surface area contributed by atoms with E-state index in [-0.39, 0.29) is 0 Å². The number of piperidine rings is 1. The first-order valence-corrected chi connectivity index (χ1v) is 8.78. The molecule has 2 rings (SSSR count). The first-order chi connectivity index (χ1) is 9.31. The Morgan fingerprint density at radius 1 is 1.16 bits per heavy atom. The minimum absolute atomic E-state index is 0.858. The van der Waals surface area contributed by atoms with Crippen molar-refractivity contribution in [3.05, 3.63) is 0 Å². The summed E-state index contributed by atoms with van der Waals surface area (Å²) in [7, 11) is 0. The summed E-state index contributed by atoms with van der Waals surface area (Å²) in [6, 6.07) is 1.72. The number of hydrogen-bond acceptors (Lipinski definition) is 2. The van der Waals surface area contributed by atoms with Gasteiger partial charge in [0.2, 0.25) is 0 Å². The maximum Gasteiger partial charge on any atom is 0.00728 e. The number of nitrogens with one attached hydrogen (secondary N) is 2. The van der Waals surface area contributed by atoms with Crippen molar-refractivity contribution in [2.24, 2.45) is 11.8 Å². The van der Waals surface area contributed by atoms with Gasteiger partial charge >= 0.3 is 0 Å². The Bertz CT molecular complexity index is 229. The predicted molar refractivity (Wildman–Crippen MR) is 83.5 cm³/mol. The molecule has 2 aliphatic rings. The van der Waals surface area contributed by atoms with Crippen molar-refractivity contribution in [2.75, 3.05) is 13.1 Å². The van der Waals surface area contributed by atoms with Gasteiger partial charge < -0.3 is 10.6 Å². The Kier molecular flexibility index (Phi) is 6.66. The highest BCUT2D eigenvalue weighted by Crippen LogP contribution is 2.32. The van der Waals surface area contributed by atoms with Crippen molar-refractivity contribution in [1.82, 2.24) is 10.6 Å². The molecule has 2 saturated heterocycles. The normalized spacial score (nSPS) is 31.6. The summed E-state index contributed by atoms with van der Waals surface area (Å²) < 4.78 is 0. The van der Waals surface area contributed by atoms with Crippen LogP contribution in [-0.4, -0.2) is 25.2 Å². The molecule has 0 aliphatic carbocycles. The fourth-order valence-corrected chi connectivity index (χ4v) is 3.97. The first-order valence-electron chi connectivity index (χ1n) is 8.78. The lowest BCUT2D eigenvalue weighted by atomic mass is 9.89. The third kappa shape index (κ3) is 5.07. The highest BCUT2D eigenvalue weighted by molar-refractivity contribution is 4.91. The molecule has 0 aromatic rings. The predicted octanol–water partition coefficient (Wildman–Crippen LogP) is 3.71. The zero-order valence-corrected chi connectivity index (χ0v) is 13.1. The van der Waals surface area contributed by atoms with Crippen molar-refractivity contribution < 1.29 is 0 Å². The van der Waals surface area contributed by atoms with Gasteiger partial charge in [-0.05, 0) is 63.5 Å². The van der Waals surface area contributed by atoms with Gasteiger partial charge in [-0.25, -0.2) is 0 Å². The van der Waals surface area contributed by atoms with E-state index < -0.39 is 0 Å². The largest absolute Gasteiger partial charge is 0.316 e. The average molecular weight is 266 g/mol. The Labute approximate surface area is 120 Å². The van der Waals surface area contributed by atoms with E-state index in [0.29, 0.717) is 0 Å². The Morgan fingerprint density at radius 3 is 2.53 bits per heavy atom. The lowest BCUT2D eigenvalue weighted by Gasteiger charge is -2.29. The van der Waals surface area contributed by atoms with Gasteiger partial charge in [0.15, 0.2) is 0 Å². The van der Waals surface area contributed by atoms with Gasteiger partial charge in [-0.1, -0.05) is 33.1 Å². The van der Waals surface area contributed by atoms with Crippen LogP contribution in [0.25, 0.3) is 0 Å². The summed E-state index contributed by atoms with van der Waals surface area (Å²) in [6.45, 7) is 7.12. The van der Waals surface area contributed by atoms with Crippen LogP contribution < -0.4 is 10.6 Å². The molecule has 0 aromatic carbocycles. The molecule has 0 amide bonds. The van der Waals surface area contributed by atoms with Crippen LogP contribution in [-0.2, 0) is 0 Å². The summed E-state index contributed by atoms with van der Waals surface area (Å²) in [5, 5.41) is 7.46. The molecular formula is C17H34N2. The second kappa shape index (κ2) is 8.26. The molecule has 112 valence electrons. The fraction of sp³-hybridized carbons (Fsp3) is 1.00. The first kappa shape index (κ1) is 15.3. The van der Waals surface area contributed by atoms with E-state index >= 15 is 0 Å². The lowest BCUT2D eigenvalue weighted by molar-refractivity contribution is 0.280. The number of unbranched alkanes of at least 4 members (excludes halogenated alkanes) is 1. The van der Waals surface area contributed by atoms with Crippen molar-refractivity contribution in [2.45, 2.75) is 83.7 Å². The summed E-state index contributed by atoms with van der Waals surface area (Å²) in [6.07, 6.45) is 12.6. The number of fused-ring (bicyclic) bond motifs is 2. The summed E-state index contributed by atoms with van der Waals surface area (Å²) >= 11 is 0. The second-order valence-corrected chi connectivity index (χ2v) is 6.88. The molecule has 2 heterocycles. The zero-order valence-electron chi connectivity index (χ0n) is 13.1. The lowest BCUT2D eigenvalue weighted by Crippen LogP contribution is -2.39. The van der Waals surface area contributed by atoms with E-state index in [1.165, 1.54) is 70.9 Å². The molecule has 19 heavy (non-hydrogen) atoms. The van der Waals surface area contributed by atoms with Gasteiger partial charge in [-0.15, -0.1) is 0 Å². The van der Waals surface area contributed by atoms with Crippen molar-refractivity contribution in [3.63, 3.8) is 0 Å². The molecule has 2 nitrogen and oxygen atoms in total. The van der Waals surface area contributed by atoms with Gasteiger partial charge in [-0.3, -0.25) is 0 Å². The van der Waals surface area contributed by atoms with Crippen LogP contribution in [0, 0.1) is 11.8 Å². The van der Waals surface area contributed by atoms with Crippen LogP contribution in [0.15, 0.2) is 0 Å². The van der Waals surface area contributed by atoms with Crippen LogP contribution in [0.2, 0.25) is 0 Å². The minimum Gasteiger partial charge on any atom is -0.316 e. The van der Waals surface area contributed by atoms with Crippen LogP contribution in [0.3, 0.4) is 0 Å². The maximum absolute atomic E-state index is 3.74. The maximum atomic E-state index is 3.74. The molecule has 2 fully saturated rings. The third-order valence-corrected chi connectivity index (χ3v) is 5.28. The van der Waals surface area contributed by atoms with E-state index in [4.69, 9.17) is 0 Å². The summed E-state index contributed by atoms with van der Waals surface area (Å²) in [4.78, 5) is 0.